The highest BCUT2D eigenvalue weighted by Crippen LogP contribution is 2.37. The van der Waals surface area contributed by atoms with E-state index in [0.717, 1.165) is 0 Å². The molecule has 0 spiro atoms. The zero-order chi connectivity index (χ0) is 13.9. The van der Waals surface area contributed by atoms with Crippen LogP contribution in [0.3, 0.4) is 0 Å². The van der Waals surface area contributed by atoms with E-state index >= 15 is 0 Å². The lowest BCUT2D eigenvalue weighted by Crippen LogP contribution is -2.37. The molecule has 4 nitrogen and oxygen atoms in total. The van der Waals surface area contributed by atoms with Gasteiger partial charge >= 0.3 is 6.18 Å². The minimum Gasteiger partial charge on any atom is -0.339 e. The minimum atomic E-state index is -4.04. The Kier molecular flexibility index (Phi) is 4.44. The van der Waals surface area contributed by atoms with Gasteiger partial charge in [0.15, 0.2) is 5.82 Å². The predicted molar refractivity (Wildman–Crippen MR) is 62.5 cm³/mol. The third-order valence-electron chi connectivity index (χ3n) is 3.53. The second-order valence-corrected chi connectivity index (χ2v) is 5.03. The minimum absolute atomic E-state index is 0.169. The van der Waals surface area contributed by atoms with Crippen molar-refractivity contribution in [1.29, 1.82) is 0 Å². The van der Waals surface area contributed by atoms with E-state index in [0.29, 0.717) is 37.5 Å². The van der Waals surface area contributed by atoms with Crippen molar-refractivity contribution in [2.75, 3.05) is 6.54 Å². The molecular weight excluding hydrogens is 259 g/mol. The van der Waals surface area contributed by atoms with E-state index in [4.69, 9.17) is 4.52 Å². The zero-order valence-corrected chi connectivity index (χ0v) is 10.8. The topological polar surface area (TPSA) is 51.0 Å². The summed E-state index contributed by atoms with van der Waals surface area (Å²) in [5.41, 5.74) is 0. The molecule has 0 unspecified atom stereocenters. The summed E-state index contributed by atoms with van der Waals surface area (Å²) in [6.45, 7) is 2.40. The molecule has 0 aromatic carbocycles. The van der Waals surface area contributed by atoms with Crippen LogP contribution >= 0.6 is 0 Å². The Labute approximate surface area is 109 Å². The number of rotatable bonds is 4. The largest absolute Gasteiger partial charge is 0.391 e. The summed E-state index contributed by atoms with van der Waals surface area (Å²) < 4.78 is 42.5. The van der Waals surface area contributed by atoms with Crippen LogP contribution in [0.5, 0.6) is 0 Å². The number of nitrogens with zero attached hydrogens (tertiary/aromatic N) is 2. The van der Waals surface area contributed by atoms with E-state index in [-0.39, 0.29) is 18.9 Å². The van der Waals surface area contributed by atoms with Crippen LogP contribution in [0, 0.1) is 12.8 Å². The van der Waals surface area contributed by atoms with E-state index in [1.165, 1.54) is 0 Å². The van der Waals surface area contributed by atoms with Gasteiger partial charge in [-0.25, -0.2) is 0 Å². The van der Waals surface area contributed by atoms with Crippen molar-refractivity contribution in [3.8, 4) is 0 Å². The number of hydrogen-bond acceptors (Lipinski definition) is 4. The number of nitrogens with one attached hydrogen (secondary N) is 1. The predicted octanol–water partition coefficient (Wildman–Crippen LogP) is 2.63. The second-order valence-electron chi connectivity index (χ2n) is 5.03. The normalized spacial score (nSPS) is 24.6. The van der Waals surface area contributed by atoms with Gasteiger partial charge in [0.05, 0.1) is 5.92 Å². The van der Waals surface area contributed by atoms with Gasteiger partial charge in [-0.2, -0.15) is 18.2 Å². The van der Waals surface area contributed by atoms with E-state index < -0.39 is 12.1 Å². The van der Waals surface area contributed by atoms with Crippen molar-refractivity contribution in [2.45, 2.75) is 51.2 Å². The standard InChI is InChI=1S/C12H18F3N3O/c1-8-17-11(19-18-8)6-7-16-10-4-2-9(3-5-10)12(13,14)15/h9-10,16H,2-7H2,1H3. The van der Waals surface area contributed by atoms with Gasteiger partial charge in [-0.15, -0.1) is 0 Å². The van der Waals surface area contributed by atoms with Crippen LogP contribution in [-0.2, 0) is 6.42 Å². The summed E-state index contributed by atoms with van der Waals surface area (Å²) in [6, 6.07) is 0.169. The van der Waals surface area contributed by atoms with Crippen LogP contribution in [-0.4, -0.2) is 28.9 Å². The number of aromatic nitrogens is 2. The summed E-state index contributed by atoms with van der Waals surface area (Å²) in [6.07, 6.45) is -1.83. The Bertz CT molecular complexity index is 397. The monoisotopic (exact) mass is 277 g/mol. The average Bonchev–Trinajstić information content (AvgIpc) is 2.75. The zero-order valence-electron chi connectivity index (χ0n) is 10.8. The summed E-state index contributed by atoms with van der Waals surface area (Å²) in [7, 11) is 0. The summed E-state index contributed by atoms with van der Waals surface area (Å²) >= 11 is 0. The van der Waals surface area contributed by atoms with Crippen LogP contribution in [0.2, 0.25) is 0 Å². The first-order valence-corrected chi connectivity index (χ1v) is 6.54. The maximum atomic E-state index is 12.5. The highest BCUT2D eigenvalue weighted by molar-refractivity contribution is 4.85. The lowest BCUT2D eigenvalue weighted by atomic mass is 9.85. The summed E-state index contributed by atoms with van der Waals surface area (Å²) in [4.78, 5) is 4.07. The van der Waals surface area contributed by atoms with Gasteiger partial charge in [0, 0.05) is 19.0 Å². The van der Waals surface area contributed by atoms with Crippen LogP contribution in [0.15, 0.2) is 4.52 Å². The Balaban J connectivity index is 1.66. The quantitative estimate of drug-likeness (QED) is 0.919. The maximum Gasteiger partial charge on any atom is 0.391 e. The van der Waals surface area contributed by atoms with Crippen molar-refractivity contribution in [2.24, 2.45) is 5.92 Å². The molecular formula is C12H18F3N3O. The molecule has 1 aromatic rings. The summed E-state index contributed by atoms with van der Waals surface area (Å²) in [5, 5.41) is 6.94. The van der Waals surface area contributed by atoms with E-state index in [1.807, 2.05) is 0 Å². The highest BCUT2D eigenvalue weighted by Gasteiger charge is 2.41. The average molecular weight is 277 g/mol. The highest BCUT2D eigenvalue weighted by atomic mass is 19.4. The third-order valence-corrected chi connectivity index (χ3v) is 3.53. The van der Waals surface area contributed by atoms with Crippen LogP contribution in [0.1, 0.15) is 37.4 Å². The lowest BCUT2D eigenvalue weighted by Gasteiger charge is -2.30. The molecule has 0 aliphatic heterocycles. The van der Waals surface area contributed by atoms with Crippen LogP contribution < -0.4 is 5.32 Å². The fraction of sp³-hybridized carbons (Fsp3) is 0.833. The second kappa shape index (κ2) is 5.90. The molecule has 0 atom stereocenters. The van der Waals surface area contributed by atoms with Crippen LogP contribution in [0.25, 0.3) is 0 Å². The van der Waals surface area contributed by atoms with Crippen molar-refractivity contribution in [3.05, 3.63) is 11.7 Å². The fourth-order valence-electron chi connectivity index (χ4n) is 2.45. The molecule has 1 N–H and O–H groups in total. The Morgan fingerprint density at radius 2 is 1.95 bits per heavy atom. The van der Waals surface area contributed by atoms with Gasteiger partial charge in [-0.05, 0) is 32.6 Å². The molecule has 1 aliphatic rings. The molecule has 0 radical (unpaired) electrons. The SMILES string of the molecule is Cc1noc(CCNC2CCC(C(F)(F)F)CC2)n1. The van der Waals surface area contributed by atoms with Gasteiger partial charge in [-0.3, -0.25) is 0 Å². The molecule has 0 saturated heterocycles. The van der Waals surface area contributed by atoms with E-state index in [9.17, 15) is 13.2 Å². The lowest BCUT2D eigenvalue weighted by molar-refractivity contribution is -0.182. The van der Waals surface area contributed by atoms with Crippen LogP contribution in [0.4, 0.5) is 13.2 Å². The molecule has 0 bridgehead atoms. The molecule has 19 heavy (non-hydrogen) atoms. The molecule has 2 rings (SSSR count). The molecule has 0 amide bonds. The van der Waals surface area contributed by atoms with E-state index in [1.54, 1.807) is 6.92 Å². The number of aryl methyl sites for hydroxylation is 1. The Hall–Kier alpha value is -1.11. The third kappa shape index (κ3) is 4.19. The Morgan fingerprint density at radius 3 is 2.47 bits per heavy atom. The molecule has 1 aliphatic carbocycles. The van der Waals surface area contributed by atoms with E-state index in [2.05, 4.69) is 15.5 Å². The Morgan fingerprint density at radius 1 is 1.26 bits per heavy atom. The van der Waals surface area contributed by atoms with Gasteiger partial charge in [0.25, 0.3) is 0 Å². The first kappa shape index (κ1) is 14.3. The van der Waals surface area contributed by atoms with Gasteiger partial charge in [0.2, 0.25) is 5.89 Å². The van der Waals surface area contributed by atoms with Crippen molar-refractivity contribution in [3.63, 3.8) is 0 Å². The number of alkyl halides is 3. The number of hydrogen-bond donors (Lipinski definition) is 1. The molecule has 1 saturated carbocycles. The molecule has 7 heteroatoms. The summed E-state index contributed by atoms with van der Waals surface area (Å²) in [5.74, 6) is 0.0406. The molecule has 108 valence electrons. The first-order valence-electron chi connectivity index (χ1n) is 6.54. The van der Waals surface area contributed by atoms with Gasteiger partial charge in [-0.1, -0.05) is 5.16 Å². The smallest absolute Gasteiger partial charge is 0.339 e. The van der Waals surface area contributed by atoms with Gasteiger partial charge < -0.3 is 9.84 Å². The van der Waals surface area contributed by atoms with Gasteiger partial charge in [0.1, 0.15) is 0 Å². The fourth-order valence-corrected chi connectivity index (χ4v) is 2.45. The maximum absolute atomic E-state index is 12.5. The molecule has 1 aromatic heterocycles. The molecule has 1 fully saturated rings. The molecule has 1 heterocycles. The van der Waals surface area contributed by atoms with Crippen molar-refractivity contribution in [1.82, 2.24) is 15.5 Å². The number of halogens is 3. The van der Waals surface area contributed by atoms with Crippen molar-refractivity contribution >= 4 is 0 Å². The first-order chi connectivity index (χ1) is 8.95. The van der Waals surface area contributed by atoms with Crippen molar-refractivity contribution < 1.29 is 17.7 Å².